The number of carbonyl (C=O) groups excluding carboxylic acids is 1. The molecule has 7 heteroatoms. The quantitative estimate of drug-likeness (QED) is 0.844. The van der Waals surface area contributed by atoms with Gasteiger partial charge in [0.1, 0.15) is 5.82 Å². The molecular weight excluding hydrogens is 316 g/mol. The fraction of sp³-hybridized carbons (Fsp3) is 0.611. The minimum absolute atomic E-state index is 0.0234. The zero-order valence-electron chi connectivity index (χ0n) is 15.3. The number of hydrogen-bond acceptors (Lipinski definition) is 4. The van der Waals surface area contributed by atoms with E-state index in [9.17, 15) is 4.79 Å². The van der Waals surface area contributed by atoms with Crippen LogP contribution in [0.2, 0.25) is 0 Å². The molecule has 0 unspecified atom stereocenters. The number of aromatic amines is 1. The standard InChI is InChI=1S/C18H28N6O/c1-4-13(2)24-17(8-10-20-24)21-18(25)14(3)23-11-5-6-15(12-23)16-7-9-19-22-16/h7-10,13-15H,4-6,11-12H2,1-3H3,(H,19,22)(H,21,25)/t13-,14+,15+/m0/s1. The number of anilines is 1. The van der Waals surface area contributed by atoms with Crippen LogP contribution < -0.4 is 5.32 Å². The van der Waals surface area contributed by atoms with E-state index >= 15 is 0 Å². The van der Waals surface area contributed by atoms with Crippen LogP contribution in [0.3, 0.4) is 0 Å². The SMILES string of the molecule is CC[C@H](C)n1nccc1NC(=O)[C@@H](C)N1CCC[C@@H](c2ccn[nH]2)C1. The lowest BCUT2D eigenvalue weighted by Crippen LogP contribution is -2.46. The van der Waals surface area contributed by atoms with E-state index in [-0.39, 0.29) is 18.0 Å². The van der Waals surface area contributed by atoms with Crippen LogP contribution in [0.4, 0.5) is 5.82 Å². The Hall–Kier alpha value is -2.15. The number of rotatable bonds is 6. The summed E-state index contributed by atoms with van der Waals surface area (Å²) in [7, 11) is 0. The van der Waals surface area contributed by atoms with Crippen molar-refractivity contribution in [3.63, 3.8) is 0 Å². The second-order valence-electron chi connectivity index (χ2n) is 6.93. The molecule has 0 aliphatic carbocycles. The first-order valence-electron chi connectivity index (χ1n) is 9.17. The topological polar surface area (TPSA) is 78.8 Å². The van der Waals surface area contributed by atoms with Crippen molar-refractivity contribution >= 4 is 11.7 Å². The lowest BCUT2D eigenvalue weighted by molar-refractivity contribution is -0.121. The first-order chi connectivity index (χ1) is 12.1. The van der Waals surface area contributed by atoms with Crippen molar-refractivity contribution in [2.24, 2.45) is 0 Å². The van der Waals surface area contributed by atoms with Crippen molar-refractivity contribution in [3.05, 3.63) is 30.2 Å². The van der Waals surface area contributed by atoms with Crippen molar-refractivity contribution in [2.75, 3.05) is 18.4 Å². The number of likely N-dealkylation sites (tertiary alicyclic amines) is 1. The molecule has 25 heavy (non-hydrogen) atoms. The molecule has 1 saturated heterocycles. The summed E-state index contributed by atoms with van der Waals surface area (Å²) in [5.41, 5.74) is 1.16. The van der Waals surface area contributed by atoms with Crippen LogP contribution in [0, 0.1) is 0 Å². The summed E-state index contributed by atoms with van der Waals surface area (Å²) in [6, 6.07) is 3.98. The first-order valence-corrected chi connectivity index (χ1v) is 9.17. The van der Waals surface area contributed by atoms with Crippen molar-refractivity contribution in [1.29, 1.82) is 0 Å². The van der Waals surface area contributed by atoms with Crippen LogP contribution in [-0.4, -0.2) is 49.9 Å². The molecule has 1 aliphatic heterocycles. The number of aromatic nitrogens is 4. The second kappa shape index (κ2) is 7.82. The Morgan fingerprint density at radius 2 is 2.24 bits per heavy atom. The van der Waals surface area contributed by atoms with Gasteiger partial charge < -0.3 is 5.32 Å². The average molecular weight is 344 g/mol. The fourth-order valence-corrected chi connectivity index (χ4v) is 3.44. The predicted octanol–water partition coefficient (Wildman–Crippen LogP) is 2.78. The zero-order valence-corrected chi connectivity index (χ0v) is 15.3. The molecular formula is C18H28N6O. The third-order valence-electron chi connectivity index (χ3n) is 5.27. The molecule has 3 atom stereocenters. The molecule has 0 bridgehead atoms. The van der Waals surface area contributed by atoms with Gasteiger partial charge in [-0.2, -0.15) is 10.2 Å². The van der Waals surface area contributed by atoms with Gasteiger partial charge in [-0.25, -0.2) is 4.68 Å². The smallest absolute Gasteiger partial charge is 0.242 e. The summed E-state index contributed by atoms with van der Waals surface area (Å²) in [5.74, 6) is 1.21. The largest absolute Gasteiger partial charge is 0.310 e. The molecule has 1 fully saturated rings. The number of carbonyl (C=O) groups is 1. The van der Waals surface area contributed by atoms with E-state index in [0.717, 1.165) is 43.9 Å². The molecule has 2 aromatic rings. The molecule has 0 saturated carbocycles. The number of H-pyrrole nitrogens is 1. The van der Waals surface area contributed by atoms with Gasteiger partial charge in [-0.15, -0.1) is 0 Å². The maximum atomic E-state index is 12.8. The normalized spacial score (nSPS) is 21.0. The van der Waals surface area contributed by atoms with E-state index in [0.29, 0.717) is 5.92 Å². The molecule has 3 rings (SSSR count). The number of hydrogen-bond donors (Lipinski definition) is 2. The van der Waals surface area contributed by atoms with Crippen LogP contribution in [0.25, 0.3) is 0 Å². The summed E-state index contributed by atoms with van der Waals surface area (Å²) >= 11 is 0. The highest BCUT2D eigenvalue weighted by atomic mass is 16.2. The van der Waals surface area contributed by atoms with Gasteiger partial charge >= 0.3 is 0 Å². The van der Waals surface area contributed by atoms with Crippen LogP contribution in [0.1, 0.15) is 57.7 Å². The average Bonchev–Trinajstić information content (AvgIpc) is 3.32. The molecule has 3 heterocycles. The highest BCUT2D eigenvalue weighted by molar-refractivity contribution is 5.93. The minimum atomic E-state index is -0.175. The first kappa shape index (κ1) is 17.7. The Balaban J connectivity index is 1.63. The third-order valence-corrected chi connectivity index (χ3v) is 5.27. The van der Waals surface area contributed by atoms with Gasteiger partial charge in [0.15, 0.2) is 0 Å². The van der Waals surface area contributed by atoms with Gasteiger partial charge in [0.05, 0.1) is 18.3 Å². The van der Waals surface area contributed by atoms with Crippen molar-refractivity contribution in [3.8, 4) is 0 Å². The van der Waals surface area contributed by atoms with Gasteiger partial charge in [-0.3, -0.25) is 14.8 Å². The predicted molar refractivity (Wildman–Crippen MR) is 97.5 cm³/mol. The lowest BCUT2D eigenvalue weighted by atomic mass is 9.94. The van der Waals surface area contributed by atoms with Gasteiger partial charge in [0.25, 0.3) is 0 Å². The molecule has 1 aliphatic rings. The summed E-state index contributed by atoms with van der Waals surface area (Å²) in [4.78, 5) is 15.0. The number of amides is 1. The fourth-order valence-electron chi connectivity index (χ4n) is 3.44. The summed E-state index contributed by atoms with van der Waals surface area (Å²) in [6.07, 6.45) is 6.72. The molecule has 2 N–H and O–H groups in total. The van der Waals surface area contributed by atoms with Crippen molar-refractivity contribution in [2.45, 2.75) is 58.0 Å². The van der Waals surface area contributed by atoms with E-state index < -0.39 is 0 Å². The summed E-state index contributed by atoms with van der Waals surface area (Å²) < 4.78 is 1.88. The second-order valence-corrected chi connectivity index (χ2v) is 6.93. The van der Waals surface area contributed by atoms with Gasteiger partial charge in [-0.05, 0) is 45.7 Å². The van der Waals surface area contributed by atoms with Crippen LogP contribution >= 0.6 is 0 Å². The Kier molecular flexibility index (Phi) is 5.53. The highest BCUT2D eigenvalue weighted by Crippen LogP contribution is 2.26. The lowest BCUT2D eigenvalue weighted by Gasteiger charge is -2.35. The Labute approximate surface area is 148 Å². The minimum Gasteiger partial charge on any atom is -0.310 e. The number of nitrogens with one attached hydrogen (secondary N) is 2. The van der Waals surface area contributed by atoms with Crippen LogP contribution in [0.5, 0.6) is 0 Å². The Morgan fingerprint density at radius 1 is 1.40 bits per heavy atom. The van der Waals surface area contributed by atoms with E-state index in [2.05, 4.69) is 39.4 Å². The van der Waals surface area contributed by atoms with E-state index in [1.165, 1.54) is 0 Å². The Bertz CT molecular complexity index is 680. The van der Waals surface area contributed by atoms with Crippen molar-refractivity contribution < 1.29 is 4.79 Å². The van der Waals surface area contributed by atoms with E-state index in [4.69, 9.17) is 0 Å². The third kappa shape index (κ3) is 3.92. The molecule has 0 radical (unpaired) electrons. The highest BCUT2D eigenvalue weighted by Gasteiger charge is 2.29. The maximum Gasteiger partial charge on any atom is 0.242 e. The molecule has 0 spiro atoms. The monoisotopic (exact) mass is 344 g/mol. The molecule has 136 valence electrons. The molecule has 7 nitrogen and oxygen atoms in total. The van der Waals surface area contributed by atoms with Crippen LogP contribution in [-0.2, 0) is 4.79 Å². The number of piperidine rings is 1. The van der Waals surface area contributed by atoms with E-state index in [1.54, 1.807) is 12.4 Å². The van der Waals surface area contributed by atoms with Gasteiger partial charge in [0, 0.05) is 30.4 Å². The Morgan fingerprint density at radius 3 is 2.96 bits per heavy atom. The summed E-state index contributed by atoms with van der Waals surface area (Å²) in [6.45, 7) is 8.02. The van der Waals surface area contributed by atoms with Gasteiger partial charge in [-0.1, -0.05) is 6.92 Å². The molecule has 1 amide bonds. The van der Waals surface area contributed by atoms with E-state index in [1.807, 2.05) is 23.7 Å². The maximum absolute atomic E-state index is 12.8. The molecule has 2 aromatic heterocycles. The zero-order chi connectivity index (χ0) is 17.8. The van der Waals surface area contributed by atoms with Crippen molar-refractivity contribution in [1.82, 2.24) is 24.9 Å². The summed E-state index contributed by atoms with van der Waals surface area (Å²) in [5, 5.41) is 14.5. The molecule has 0 aromatic carbocycles. The van der Waals surface area contributed by atoms with Gasteiger partial charge in [0.2, 0.25) is 5.91 Å². The number of nitrogens with zero attached hydrogens (tertiary/aromatic N) is 4. The van der Waals surface area contributed by atoms with Crippen LogP contribution in [0.15, 0.2) is 24.5 Å².